The molecule has 1 amide bonds. The van der Waals surface area contributed by atoms with E-state index in [9.17, 15) is 14.7 Å². The number of aliphatic hydroxyl groups excluding tert-OH is 1. The minimum Gasteiger partial charge on any atom is -0.393 e. The summed E-state index contributed by atoms with van der Waals surface area (Å²) in [4.78, 5) is 26.6. The Morgan fingerprint density at radius 3 is 2.54 bits per heavy atom. The zero-order valence-electron chi connectivity index (χ0n) is 23.3. The number of Topliss-reactive ketones (excluding diaryl/α,β-unsaturated/α-hetero) is 1. The van der Waals surface area contributed by atoms with Crippen molar-refractivity contribution in [3.05, 3.63) is 21.3 Å². The maximum atomic E-state index is 13.3. The molecule has 1 aromatic rings. The fraction of sp³-hybridized carbons (Fsp3) is 0.806. The van der Waals surface area contributed by atoms with E-state index in [2.05, 4.69) is 39.9 Å². The highest BCUT2D eigenvalue weighted by Gasteiger charge is 2.63. The highest BCUT2D eigenvalue weighted by atomic mass is 35.5. The molecule has 6 heteroatoms. The smallest absolute Gasteiger partial charge is 0.220 e. The van der Waals surface area contributed by atoms with Gasteiger partial charge in [0.1, 0.15) is 5.78 Å². The Bertz CT molecular complexity index is 1020. The van der Waals surface area contributed by atoms with Crippen LogP contribution < -0.4 is 5.32 Å². The minimum absolute atomic E-state index is 0.00648. The van der Waals surface area contributed by atoms with Crippen LogP contribution in [-0.2, 0) is 9.59 Å². The fourth-order valence-corrected chi connectivity index (χ4v) is 11.0. The van der Waals surface area contributed by atoms with Crippen molar-refractivity contribution in [2.24, 2.45) is 52.3 Å². The first-order valence-corrected chi connectivity index (χ1v) is 15.9. The van der Waals surface area contributed by atoms with Gasteiger partial charge in [0, 0.05) is 24.1 Å². The number of amides is 1. The van der Waals surface area contributed by atoms with E-state index in [4.69, 9.17) is 11.6 Å². The molecular formula is C31H46ClNO3S. The van der Waals surface area contributed by atoms with Crippen molar-refractivity contribution in [1.29, 1.82) is 0 Å². The number of carbonyl (C=O) groups is 2. The third-order valence-electron chi connectivity index (χ3n) is 11.7. The molecule has 5 rings (SSSR count). The number of hydrogen-bond acceptors (Lipinski definition) is 4. The Balaban J connectivity index is 1.28. The number of fused-ring (bicyclic) bond motifs is 5. The van der Waals surface area contributed by atoms with Gasteiger partial charge >= 0.3 is 0 Å². The van der Waals surface area contributed by atoms with Gasteiger partial charge in [0.2, 0.25) is 5.91 Å². The Labute approximate surface area is 232 Å². The summed E-state index contributed by atoms with van der Waals surface area (Å²) in [6, 6.07) is 3.94. The molecule has 0 aliphatic heterocycles. The normalized spacial score (nSPS) is 41.0. The number of hydrogen-bond donors (Lipinski definition) is 2. The molecule has 4 aliphatic carbocycles. The van der Waals surface area contributed by atoms with Crippen LogP contribution in [0.15, 0.2) is 12.1 Å². The first-order chi connectivity index (χ1) is 17.4. The Morgan fingerprint density at radius 1 is 1.14 bits per heavy atom. The van der Waals surface area contributed by atoms with Gasteiger partial charge in [-0.2, -0.15) is 0 Å². The molecule has 0 saturated heterocycles. The van der Waals surface area contributed by atoms with Crippen LogP contribution in [0.3, 0.4) is 0 Å². The molecule has 0 aromatic carbocycles. The number of carbonyl (C=O) groups excluding carboxylic acids is 2. The van der Waals surface area contributed by atoms with Crippen molar-refractivity contribution in [3.8, 4) is 0 Å². The van der Waals surface area contributed by atoms with Gasteiger partial charge in [-0.1, -0.05) is 46.2 Å². The quantitative estimate of drug-likeness (QED) is 0.389. The van der Waals surface area contributed by atoms with Gasteiger partial charge in [0.25, 0.3) is 0 Å². The topological polar surface area (TPSA) is 66.4 Å². The maximum absolute atomic E-state index is 13.3. The van der Waals surface area contributed by atoms with Crippen LogP contribution in [0.1, 0.15) is 103 Å². The van der Waals surface area contributed by atoms with Crippen molar-refractivity contribution < 1.29 is 14.7 Å². The minimum atomic E-state index is -0.291. The number of rotatable bonds is 6. The summed E-state index contributed by atoms with van der Waals surface area (Å²) in [5, 5.41) is 14.8. The Morgan fingerprint density at radius 2 is 1.86 bits per heavy atom. The van der Waals surface area contributed by atoms with Crippen LogP contribution in [0.25, 0.3) is 0 Å². The van der Waals surface area contributed by atoms with E-state index < -0.39 is 0 Å². The summed E-state index contributed by atoms with van der Waals surface area (Å²) in [5.41, 5.74) is 0.369. The molecule has 37 heavy (non-hydrogen) atoms. The third kappa shape index (κ3) is 4.84. The third-order valence-corrected chi connectivity index (χ3v) is 13.0. The van der Waals surface area contributed by atoms with Crippen LogP contribution in [0, 0.1) is 52.3 Å². The van der Waals surface area contributed by atoms with Crippen LogP contribution >= 0.6 is 22.9 Å². The van der Waals surface area contributed by atoms with Crippen molar-refractivity contribution in [1.82, 2.24) is 5.32 Å². The lowest BCUT2D eigenvalue weighted by molar-refractivity contribution is -0.169. The highest BCUT2D eigenvalue weighted by molar-refractivity contribution is 7.16. The molecule has 1 heterocycles. The molecular weight excluding hydrogens is 502 g/mol. The lowest BCUT2D eigenvalue weighted by atomic mass is 9.44. The van der Waals surface area contributed by atoms with E-state index in [0.29, 0.717) is 60.1 Å². The largest absolute Gasteiger partial charge is 0.393 e. The summed E-state index contributed by atoms with van der Waals surface area (Å²) < 4.78 is 0.758. The molecule has 4 nitrogen and oxygen atoms in total. The molecule has 0 spiro atoms. The van der Waals surface area contributed by atoms with E-state index in [0.717, 1.165) is 47.7 Å². The molecule has 10 atom stereocenters. The summed E-state index contributed by atoms with van der Waals surface area (Å²) >= 11 is 7.73. The Hall–Kier alpha value is -0.910. The molecule has 206 valence electrons. The molecule has 0 radical (unpaired) electrons. The second kappa shape index (κ2) is 10.2. The van der Waals surface area contributed by atoms with E-state index in [1.165, 1.54) is 6.42 Å². The van der Waals surface area contributed by atoms with Crippen LogP contribution in [0.2, 0.25) is 4.34 Å². The van der Waals surface area contributed by atoms with Gasteiger partial charge in [-0.3, -0.25) is 9.59 Å². The summed E-state index contributed by atoms with van der Waals surface area (Å²) in [6.45, 7) is 11.5. The summed E-state index contributed by atoms with van der Waals surface area (Å²) in [5.74, 6) is 3.37. The van der Waals surface area contributed by atoms with Gasteiger partial charge in [-0.25, -0.2) is 0 Å². The first-order valence-electron chi connectivity index (χ1n) is 14.7. The summed E-state index contributed by atoms with van der Waals surface area (Å²) in [6.07, 6.45) is 8.09. The average molecular weight is 548 g/mol. The number of halogens is 1. The molecule has 0 bridgehead atoms. The summed E-state index contributed by atoms with van der Waals surface area (Å²) in [7, 11) is 0. The van der Waals surface area contributed by atoms with Gasteiger partial charge in [0.15, 0.2) is 0 Å². The zero-order chi connectivity index (χ0) is 26.7. The predicted octanol–water partition coefficient (Wildman–Crippen LogP) is 7.44. The highest BCUT2D eigenvalue weighted by Crippen LogP contribution is 2.68. The van der Waals surface area contributed by atoms with Gasteiger partial charge in [-0.15, -0.1) is 11.3 Å². The van der Waals surface area contributed by atoms with E-state index in [1.807, 2.05) is 12.1 Å². The molecule has 4 saturated carbocycles. The van der Waals surface area contributed by atoms with Crippen molar-refractivity contribution >= 4 is 34.6 Å². The first kappa shape index (κ1) is 27.6. The van der Waals surface area contributed by atoms with E-state index in [-0.39, 0.29) is 28.9 Å². The number of ketones is 1. The van der Waals surface area contributed by atoms with E-state index in [1.54, 1.807) is 11.3 Å². The maximum Gasteiger partial charge on any atom is 0.220 e. The Kier molecular flexibility index (Phi) is 7.66. The van der Waals surface area contributed by atoms with E-state index >= 15 is 0 Å². The van der Waals surface area contributed by atoms with Gasteiger partial charge in [-0.05, 0) is 103 Å². The zero-order valence-corrected chi connectivity index (χ0v) is 24.8. The standard InChI is InChI=1S/C31H46ClNO3S/c1-17(2)29(25-8-9-26(32)37-25)33-27(36)14-18(3)21-6-7-22-28-23(11-13-31(21,22)5)30(4)12-10-20(34)15-19(30)16-24(28)35/h8-9,17-19,21-24,28-29,35H,6-7,10-16H2,1-5H3,(H,33,36)/t18-,19+,21?,22+,23+,24-,28+,29+,30+,31-/m1/s1. The lowest BCUT2D eigenvalue weighted by Gasteiger charge is -2.61. The van der Waals surface area contributed by atoms with Gasteiger partial charge in [0.05, 0.1) is 16.5 Å². The van der Waals surface area contributed by atoms with Gasteiger partial charge < -0.3 is 10.4 Å². The number of aliphatic hydroxyl groups is 1. The van der Waals surface area contributed by atoms with Crippen molar-refractivity contribution in [2.75, 3.05) is 0 Å². The van der Waals surface area contributed by atoms with Crippen LogP contribution in [0.4, 0.5) is 0 Å². The average Bonchev–Trinajstić information content (AvgIpc) is 3.41. The SMILES string of the molecule is CC(C)[C@H](NC(=O)C[C@@H](C)C1CC[C@H]2[C@@H]3[C@H](O)C[C@@H]4CC(=O)CC[C@]4(C)[C@H]3CC[C@]12C)c1ccc(Cl)s1. The molecule has 4 fully saturated rings. The van der Waals surface area contributed by atoms with Crippen LogP contribution in [0.5, 0.6) is 0 Å². The van der Waals surface area contributed by atoms with Crippen molar-refractivity contribution in [3.63, 3.8) is 0 Å². The molecule has 2 N–H and O–H groups in total. The van der Waals surface area contributed by atoms with Crippen molar-refractivity contribution in [2.45, 2.75) is 105 Å². The number of thiophene rings is 1. The molecule has 4 aliphatic rings. The second-order valence-corrected chi connectivity index (χ2v) is 15.6. The second-order valence-electron chi connectivity index (χ2n) is 13.9. The number of nitrogens with one attached hydrogen (secondary N) is 1. The van der Waals surface area contributed by atoms with Crippen LogP contribution in [-0.4, -0.2) is 22.9 Å². The predicted molar refractivity (Wildman–Crippen MR) is 150 cm³/mol. The monoisotopic (exact) mass is 547 g/mol. The molecule has 1 unspecified atom stereocenters. The molecule has 1 aromatic heterocycles. The lowest BCUT2D eigenvalue weighted by Crippen LogP contribution is -2.58. The fourth-order valence-electron chi connectivity index (χ4n) is 9.72.